The lowest BCUT2D eigenvalue weighted by Crippen LogP contribution is -2.10. The summed E-state index contributed by atoms with van der Waals surface area (Å²) in [6.07, 6.45) is 4.36. The van der Waals surface area contributed by atoms with E-state index in [2.05, 4.69) is 218 Å². The van der Waals surface area contributed by atoms with E-state index in [0.717, 1.165) is 45.3 Å². The molecule has 0 aliphatic carbocycles. The molecule has 2 nitrogen and oxygen atoms in total. The monoisotopic (exact) mass is 618 g/mol. The lowest BCUT2D eigenvalue weighted by molar-refractivity contribution is 1.25. The maximum atomic E-state index is 2.34. The third-order valence-electron chi connectivity index (χ3n) is 8.50. The molecule has 0 N–H and O–H groups in total. The topological polar surface area (TPSA) is 6.48 Å². The Kier molecular flexibility index (Phi) is 8.97. The summed E-state index contributed by atoms with van der Waals surface area (Å²) >= 11 is 0. The molecule has 232 valence electrons. The average molecular weight is 619 g/mol. The number of hydrogen-bond donors (Lipinski definition) is 0. The van der Waals surface area contributed by atoms with Crippen LogP contribution in [0.5, 0.6) is 0 Å². The lowest BCUT2D eigenvalue weighted by atomic mass is 10.0. The first-order valence-corrected chi connectivity index (χ1v) is 16.4. The maximum absolute atomic E-state index is 2.34. The molecule has 0 aliphatic rings. The Bertz CT molecular complexity index is 2040. The molecule has 0 fully saturated rings. The number of benzene rings is 7. The van der Waals surface area contributed by atoms with Gasteiger partial charge in [-0.25, -0.2) is 0 Å². The zero-order valence-corrected chi connectivity index (χ0v) is 27.4. The molecule has 48 heavy (non-hydrogen) atoms. The van der Waals surface area contributed by atoms with E-state index in [1.807, 2.05) is 0 Å². The van der Waals surface area contributed by atoms with Crippen molar-refractivity contribution >= 4 is 46.3 Å². The van der Waals surface area contributed by atoms with Gasteiger partial charge in [-0.05, 0) is 120 Å². The van der Waals surface area contributed by atoms with Crippen LogP contribution in [0.3, 0.4) is 0 Å². The van der Waals surface area contributed by atoms with E-state index in [0.29, 0.717) is 0 Å². The Morgan fingerprint density at radius 1 is 0.312 bits per heavy atom. The second kappa shape index (κ2) is 14.1. The smallest absolute Gasteiger partial charge is 0.0466 e. The van der Waals surface area contributed by atoms with Crippen LogP contribution in [-0.2, 0) is 0 Å². The summed E-state index contributed by atoms with van der Waals surface area (Å²) in [6.45, 7) is 4.32. The number of hydrogen-bond acceptors (Lipinski definition) is 2. The number of rotatable bonds is 9. The fourth-order valence-electron chi connectivity index (χ4n) is 6.22. The van der Waals surface area contributed by atoms with Gasteiger partial charge in [0.1, 0.15) is 0 Å². The molecule has 0 radical (unpaired) electrons. The Labute approximate surface area is 284 Å². The molecule has 0 saturated heterocycles. The van der Waals surface area contributed by atoms with Crippen molar-refractivity contribution in [3.63, 3.8) is 0 Å². The Morgan fingerprint density at radius 2 is 0.646 bits per heavy atom. The van der Waals surface area contributed by atoms with Gasteiger partial charge in [0.25, 0.3) is 0 Å². The van der Waals surface area contributed by atoms with Crippen molar-refractivity contribution in [1.29, 1.82) is 0 Å². The molecule has 0 heterocycles. The second-order valence-electron chi connectivity index (χ2n) is 12.1. The van der Waals surface area contributed by atoms with Gasteiger partial charge in [-0.3, -0.25) is 0 Å². The highest BCUT2D eigenvalue weighted by molar-refractivity contribution is 5.81. The molecule has 0 amide bonds. The molecule has 0 aromatic heterocycles. The van der Waals surface area contributed by atoms with E-state index >= 15 is 0 Å². The van der Waals surface area contributed by atoms with E-state index in [4.69, 9.17) is 0 Å². The van der Waals surface area contributed by atoms with Gasteiger partial charge < -0.3 is 9.80 Å². The van der Waals surface area contributed by atoms with Crippen LogP contribution in [-0.4, -0.2) is 0 Å². The standard InChI is InChI=1S/C46H38N2/c1-35-32-36(2)34-46(33-35)48(45-30-24-40(25-31-45)39-12-6-3-7-13-39)44-28-22-38(23-29-44)19-18-37-20-26-43(27-21-37)47(41-14-8-4-9-15-41)42-16-10-5-11-17-42/h3-34H,1-2H3/b19-18+. The van der Waals surface area contributed by atoms with Gasteiger partial charge in [0, 0.05) is 34.1 Å². The van der Waals surface area contributed by atoms with E-state index in [1.54, 1.807) is 0 Å². The van der Waals surface area contributed by atoms with Crippen molar-refractivity contribution in [1.82, 2.24) is 0 Å². The fourth-order valence-corrected chi connectivity index (χ4v) is 6.22. The molecule has 0 bridgehead atoms. The van der Waals surface area contributed by atoms with E-state index in [1.165, 1.54) is 22.3 Å². The van der Waals surface area contributed by atoms with Gasteiger partial charge in [0.2, 0.25) is 0 Å². The van der Waals surface area contributed by atoms with Gasteiger partial charge in [0.05, 0.1) is 0 Å². The fraction of sp³-hybridized carbons (Fsp3) is 0.0435. The summed E-state index contributed by atoms with van der Waals surface area (Å²) in [6, 6.07) is 64.7. The molecule has 0 aliphatic heterocycles. The third-order valence-corrected chi connectivity index (χ3v) is 8.50. The predicted octanol–water partition coefficient (Wildman–Crippen LogP) is 13.1. The summed E-state index contributed by atoms with van der Waals surface area (Å²) in [5, 5.41) is 0. The Hall–Kier alpha value is -6.12. The molecule has 7 rings (SSSR count). The number of para-hydroxylation sites is 2. The van der Waals surface area contributed by atoms with Crippen LogP contribution in [0.2, 0.25) is 0 Å². The zero-order chi connectivity index (χ0) is 32.7. The Morgan fingerprint density at radius 3 is 1.08 bits per heavy atom. The van der Waals surface area contributed by atoms with Crippen LogP contribution in [0.15, 0.2) is 182 Å². The maximum Gasteiger partial charge on any atom is 0.0466 e. The quantitative estimate of drug-likeness (QED) is 0.149. The van der Waals surface area contributed by atoms with Crippen molar-refractivity contribution in [3.8, 4) is 11.1 Å². The van der Waals surface area contributed by atoms with Gasteiger partial charge in [-0.1, -0.05) is 121 Å². The summed E-state index contributed by atoms with van der Waals surface area (Å²) < 4.78 is 0. The van der Waals surface area contributed by atoms with Crippen molar-refractivity contribution in [2.45, 2.75) is 13.8 Å². The molecular weight excluding hydrogens is 581 g/mol. The van der Waals surface area contributed by atoms with Gasteiger partial charge in [-0.2, -0.15) is 0 Å². The van der Waals surface area contributed by atoms with Crippen LogP contribution >= 0.6 is 0 Å². The molecular formula is C46H38N2. The minimum Gasteiger partial charge on any atom is -0.311 e. The minimum absolute atomic E-state index is 1.12. The second-order valence-corrected chi connectivity index (χ2v) is 12.1. The highest BCUT2D eigenvalue weighted by Gasteiger charge is 2.14. The van der Waals surface area contributed by atoms with Gasteiger partial charge in [0.15, 0.2) is 0 Å². The summed E-state index contributed by atoms with van der Waals surface area (Å²) in [5.41, 5.74) is 14.0. The number of nitrogens with zero attached hydrogens (tertiary/aromatic N) is 2. The first-order valence-electron chi connectivity index (χ1n) is 16.4. The van der Waals surface area contributed by atoms with E-state index < -0.39 is 0 Å². The third kappa shape index (κ3) is 6.99. The Balaban J connectivity index is 1.14. The summed E-state index contributed by atoms with van der Waals surface area (Å²) in [7, 11) is 0. The van der Waals surface area contributed by atoms with Crippen LogP contribution < -0.4 is 9.80 Å². The molecule has 0 saturated carbocycles. The molecule has 0 spiro atoms. The van der Waals surface area contributed by atoms with Gasteiger partial charge in [-0.15, -0.1) is 0 Å². The molecule has 2 heteroatoms. The highest BCUT2D eigenvalue weighted by atomic mass is 15.1. The van der Waals surface area contributed by atoms with Crippen LogP contribution in [0.25, 0.3) is 23.3 Å². The normalized spacial score (nSPS) is 11.0. The van der Waals surface area contributed by atoms with Crippen molar-refractivity contribution in [3.05, 3.63) is 204 Å². The van der Waals surface area contributed by atoms with E-state index in [9.17, 15) is 0 Å². The first kappa shape index (κ1) is 30.5. The summed E-state index contributed by atoms with van der Waals surface area (Å²) in [5.74, 6) is 0. The molecule has 0 unspecified atom stereocenters. The summed E-state index contributed by atoms with van der Waals surface area (Å²) in [4.78, 5) is 4.62. The van der Waals surface area contributed by atoms with E-state index in [-0.39, 0.29) is 0 Å². The van der Waals surface area contributed by atoms with Crippen LogP contribution in [0, 0.1) is 13.8 Å². The molecule has 7 aromatic carbocycles. The average Bonchev–Trinajstić information content (AvgIpc) is 3.13. The SMILES string of the molecule is Cc1cc(C)cc(N(c2ccc(/C=C/c3ccc(N(c4ccccc4)c4ccccc4)cc3)cc2)c2ccc(-c3ccccc3)cc2)c1. The van der Waals surface area contributed by atoms with Crippen molar-refractivity contribution in [2.24, 2.45) is 0 Å². The molecule has 7 aromatic rings. The number of anilines is 6. The van der Waals surface area contributed by atoms with Crippen LogP contribution in [0.4, 0.5) is 34.1 Å². The van der Waals surface area contributed by atoms with Gasteiger partial charge >= 0.3 is 0 Å². The van der Waals surface area contributed by atoms with Crippen molar-refractivity contribution < 1.29 is 0 Å². The highest BCUT2D eigenvalue weighted by Crippen LogP contribution is 2.37. The van der Waals surface area contributed by atoms with Crippen LogP contribution in [0.1, 0.15) is 22.3 Å². The minimum atomic E-state index is 1.12. The van der Waals surface area contributed by atoms with Crippen molar-refractivity contribution in [2.75, 3.05) is 9.80 Å². The molecule has 0 atom stereocenters. The predicted molar refractivity (Wildman–Crippen MR) is 206 cm³/mol. The largest absolute Gasteiger partial charge is 0.311 e. The lowest BCUT2D eigenvalue weighted by Gasteiger charge is -2.26. The first-order chi connectivity index (χ1) is 23.6. The zero-order valence-electron chi connectivity index (χ0n) is 27.4. The number of aryl methyl sites for hydroxylation is 2.